The van der Waals surface area contributed by atoms with Crippen LogP contribution < -0.4 is 0 Å². The van der Waals surface area contributed by atoms with Crippen molar-refractivity contribution in [1.82, 2.24) is 14.4 Å². The molecule has 0 saturated carbocycles. The lowest BCUT2D eigenvalue weighted by atomic mass is 9.95. The third-order valence-corrected chi connectivity index (χ3v) is 3.25. The SMILES string of the molecule is Cc1cnc2c3ccc(F)cc3nc(C(C)(C)C)n12. The number of fused-ring (bicyclic) bond motifs is 3. The molecule has 3 rings (SSSR count). The van der Waals surface area contributed by atoms with Crippen LogP contribution in [-0.2, 0) is 5.41 Å². The molecule has 0 spiro atoms. The van der Waals surface area contributed by atoms with Crippen LogP contribution >= 0.6 is 0 Å². The van der Waals surface area contributed by atoms with E-state index in [1.165, 1.54) is 12.1 Å². The summed E-state index contributed by atoms with van der Waals surface area (Å²) >= 11 is 0. The highest BCUT2D eigenvalue weighted by Crippen LogP contribution is 2.27. The fraction of sp³-hybridized carbons (Fsp3) is 0.333. The molecular weight excluding hydrogens is 241 g/mol. The van der Waals surface area contributed by atoms with Gasteiger partial charge in [0, 0.05) is 28.8 Å². The molecule has 2 aromatic heterocycles. The van der Waals surface area contributed by atoms with Crippen molar-refractivity contribution in [3.8, 4) is 0 Å². The molecule has 0 radical (unpaired) electrons. The number of imidazole rings is 1. The second kappa shape index (κ2) is 3.76. The maximum atomic E-state index is 13.4. The first kappa shape index (κ1) is 12.1. The van der Waals surface area contributed by atoms with Crippen LogP contribution in [0.1, 0.15) is 32.3 Å². The van der Waals surface area contributed by atoms with Crippen LogP contribution in [-0.4, -0.2) is 14.4 Å². The summed E-state index contributed by atoms with van der Waals surface area (Å²) in [5, 5.41) is 0.877. The molecule has 0 fully saturated rings. The average molecular weight is 257 g/mol. The van der Waals surface area contributed by atoms with E-state index in [1.54, 1.807) is 6.07 Å². The molecule has 98 valence electrons. The average Bonchev–Trinajstić information content (AvgIpc) is 2.69. The Morgan fingerprint density at radius 1 is 1.21 bits per heavy atom. The predicted octanol–water partition coefficient (Wildman–Crippen LogP) is 3.63. The Hall–Kier alpha value is -1.97. The van der Waals surface area contributed by atoms with Crippen molar-refractivity contribution in [2.45, 2.75) is 33.1 Å². The molecule has 0 atom stereocenters. The third-order valence-electron chi connectivity index (χ3n) is 3.25. The van der Waals surface area contributed by atoms with Gasteiger partial charge in [0.1, 0.15) is 17.3 Å². The van der Waals surface area contributed by atoms with Gasteiger partial charge in [-0.2, -0.15) is 0 Å². The van der Waals surface area contributed by atoms with Crippen LogP contribution in [0.2, 0.25) is 0 Å². The predicted molar refractivity (Wildman–Crippen MR) is 73.9 cm³/mol. The van der Waals surface area contributed by atoms with Gasteiger partial charge in [0.2, 0.25) is 0 Å². The van der Waals surface area contributed by atoms with E-state index in [4.69, 9.17) is 0 Å². The van der Waals surface area contributed by atoms with Crippen molar-refractivity contribution in [2.24, 2.45) is 0 Å². The summed E-state index contributed by atoms with van der Waals surface area (Å²) in [6.45, 7) is 8.30. The van der Waals surface area contributed by atoms with E-state index >= 15 is 0 Å². The van der Waals surface area contributed by atoms with Gasteiger partial charge in [0.05, 0.1) is 5.52 Å². The molecule has 1 aromatic carbocycles. The third kappa shape index (κ3) is 1.79. The van der Waals surface area contributed by atoms with Crippen LogP contribution in [0.25, 0.3) is 16.6 Å². The highest BCUT2D eigenvalue weighted by molar-refractivity contribution is 5.91. The summed E-state index contributed by atoms with van der Waals surface area (Å²) in [4.78, 5) is 9.10. The zero-order valence-corrected chi connectivity index (χ0v) is 11.5. The van der Waals surface area contributed by atoms with Crippen LogP contribution in [0, 0.1) is 12.7 Å². The van der Waals surface area contributed by atoms with Crippen molar-refractivity contribution in [1.29, 1.82) is 0 Å². The Kier molecular flexibility index (Phi) is 2.39. The van der Waals surface area contributed by atoms with Gasteiger partial charge in [0.25, 0.3) is 0 Å². The number of rotatable bonds is 0. The van der Waals surface area contributed by atoms with Crippen molar-refractivity contribution in [2.75, 3.05) is 0 Å². The molecule has 0 aliphatic rings. The van der Waals surface area contributed by atoms with Gasteiger partial charge >= 0.3 is 0 Å². The van der Waals surface area contributed by atoms with Gasteiger partial charge in [-0.1, -0.05) is 20.8 Å². The Bertz CT molecular complexity index is 781. The van der Waals surface area contributed by atoms with E-state index in [-0.39, 0.29) is 11.2 Å². The van der Waals surface area contributed by atoms with Crippen LogP contribution in [0.5, 0.6) is 0 Å². The Morgan fingerprint density at radius 2 is 1.95 bits per heavy atom. The quantitative estimate of drug-likeness (QED) is 0.615. The molecule has 0 N–H and O–H groups in total. The van der Waals surface area contributed by atoms with Gasteiger partial charge in [-0.15, -0.1) is 0 Å². The molecule has 19 heavy (non-hydrogen) atoms. The molecule has 2 heterocycles. The number of hydrogen-bond donors (Lipinski definition) is 0. The lowest BCUT2D eigenvalue weighted by Crippen LogP contribution is -2.19. The highest BCUT2D eigenvalue weighted by Gasteiger charge is 2.22. The zero-order chi connectivity index (χ0) is 13.8. The second-order valence-electron chi connectivity index (χ2n) is 5.91. The first-order chi connectivity index (χ1) is 8.88. The molecular formula is C15H16FN3. The standard InChI is InChI=1S/C15H16FN3/c1-9-8-17-13-11-6-5-10(16)7-12(11)18-14(19(9)13)15(2,3)4/h5-8H,1-4H3. The maximum Gasteiger partial charge on any atom is 0.147 e. The van der Waals surface area contributed by atoms with E-state index in [2.05, 4.69) is 35.1 Å². The molecule has 0 unspecified atom stereocenters. The molecule has 0 saturated heterocycles. The van der Waals surface area contributed by atoms with E-state index in [1.807, 2.05) is 13.1 Å². The van der Waals surface area contributed by atoms with Crippen molar-refractivity contribution < 1.29 is 4.39 Å². The van der Waals surface area contributed by atoms with Crippen LogP contribution in [0.15, 0.2) is 24.4 Å². The van der Waals surface area contributed by atoms with E-state index in [0.717, 1.165) is 22.6 Å². The smallest absolute Gasteiger partial charge is 0.147 e. The zero-order valence-electron chi connectivity index (χ0n) is 11.5. The van der Waals surface area contributed by atoms with Gasteiger partial charge in [-0.25, -0.2) is 14.4 Å². The maximum absolute atomic E-state index is 13.4. The minimum atomic E-state index is -0.271. The van der Waals surface area contributed by atoms with Crippen molar-refractivity contribution in [3.63, 3.8) is 0 Å². The Labute approximate surface area is 111 Å². The van der Waals surface area contributed by atoms with E-state index in [9.17, 15) is 4.39 Å². The summed E-state index contributed by atoms with van der Waals surface area (Å²) in [5.74, 6) is 0.628. The fourth-order valence-corrected chi connectivity index (χ4v) is 2.35. The summed E-state index contributed by atoms with van der Waals surface area (Å²) in [7, 11) is 0. The summed E-state index contributed by atoms with van der Waals surface area (Å²) in [6.07, 6.45) is 1.83. The minimum Gasteiger partial charge on any atom is -0.284 e. The van der Waals surface area contributed by atoms with Crippen LogP contribution in [0.4, 0.5) is 4.39 Å². The summed E-state index contributed by atoms with van der Waals surface area (Å²) in [6, 6.07) is 4.66. The second-order valence-corrected chi connectivity index (χ2v) is 5.91. The molecule has 3 nitrogen and oxygen atoms in total. The number of aryl methyl sites for hydroxylation is 1. The molecule has 0 aliphatic heterocycles. The topological polar surface area (TPSA) is 30.2 Å². The number of benzene rings is 1. The van der Waals surface area contributed by atoms with Crippen molar-refractivity contribution >= 4 is 16.6 Å². The Morgan fingerprint density at radius 3 is 2.63 bits per heavy atom. The van der Waals surface area contributed by atoms with E-state index < -0.39 is 0 Å². The van der Waals surface area contributed by atoms with Gasteiger partial charge in [0.15, 0.2) is 0 Å². The molecule has 0 aliphatic carbocycles. The minimum absolute atomic E-state index is 0.135. The first-order valence-electron chi connectivity index (χ1n) is 6.32. The number of aromatic nitrogens is 3. The van der Waals surface area contributed by atoms with E-state index in [0.29, 0.717) is 5.52 Å². The summed E-state index contributed by atoms with van der Waals surface area (Å²) < 4.78 is 15.5. The molecule has 3 aromatic rings. The van der Waals surface area contributed by atoms with Gasteiger partial charge < -0.3 is 0 Å². The van der Waals surface area contributed by atoms with Gasteiger partial charge in [-0.05, 0) is 19.1 Å². The summed E-state index contributed by atoms with van der Waals surface area (Å²) in [5.41, 5.74) is 2.40. The molecule has 0 bridgehead atoms. The molecule has 4 heteroatoms. The lowest BCUT2D eigenvalue weighted by molar-refractivity contribution is 0.537. The largest absolute Gasteiger partial charge is 0.284 e. The first-order valence-corrected chi connectivity index (χ1v) is 6.32. The normalized spacial score (nSPS) is 12.5. The monoisotopic (exact) mass is 257 g/mol. The Balaban J connectivity index is 2.55. The fourth-order valence-electron chi connectivity index (χ4n) is 2.35. The van der Waals surface area contributed by atoms with Crippen LogP contribution in [0.3, 0.4) is 0 Å². The number of halogens is 1. The highest BCUT2D eigenvalue weighted by atomic mass is 19.1. The lowest BCUT2D eigenvalue weighted by Gasteiger charge is -2.21. The number of hydrogen-bond acceptors (Lipinski definition) is 2. The van der Waals surface area contributed by atoms with Crippen molar-refractivity contribution in [3.05, 3.63) is 41.7 Å². The number of nitrogens with zero attached hydrogens (tertiary/aromatic N) is 3. The molecule has 0 amide bonds. The van der Waals surface area contributed by atoms with Gasteiger partial charge in [-0.3, -0.25) is 4.40 Å².